The van der Waals surface area contributed by atoms with E-state index in [0.29, 0.717) is 0 Å². The molecule has 0 radical (unpaired) electrons. The van der Waals surface area contributed by atoms with Crippen LogP contribution in [0.5, 0.6) is 11.5 Å². The lowest BCUT2D eigenvalue weighted by Gasteiger charge is -2.29. The fraction of sp³-hybridized carbons (Fsp3) is 0.500. The Bertz CT molecular complexity index is 363. The highest BCUT2D eigenvalue weighted by molar-refractivity contribution is 5.64. The Kier molecular flexibility index (Phi) is 2.71. The highest BCUT2D eigenvalue weighted by atomic mass is 16.5. The van der Waals surface area contributed by atoms with E-state index in [0.717, 1.165) is 24.5 Å². The number of ether oxygens (including phenoxy) is 2. The zero-order valence-electron chi connectivity index (χ0n) is 9.54. The first-order valence-electron chi connectivity index (χ1n) is 5.22. The number of nitrogens with zero attached hydrogens (tertiary/aromatic N) is 1. The summed E-state index contributed by atoms with van der Waals surface area (Å²) in [7, 11) is 5.50. The minimum absolute atomic E-state index is 0.861. The van der Waals surface area contributed by atoms with Crippen LogP contribution in [-0.2, 0) is 6.42 Å². The zero-order chi connectivity index (χ0) is 10.8. The maximum atomic E-state index is 5.40. The van der Waals surface area contributed by atoms with E-state index in [1.807, 2.05) is 6.07 Å². The third-order valence-corrected chi connectivity index (χ3v) is 2.95. The fourth-order valence-electron chi connectivity index (χ4n) is 2.11. The van der Waals surface area contributed by atoms with Gasteiger partial charge in [0.1, 0.15) is 11.5 Å². The lowest BCUT2D eigenvalue weighted by molar-refractivity contribution is 0.390. The van der Waals surface area contributed by atoms with Crippen LogP contribution in [0.3, 0.4) is 0 Å². The van der Waals surface area contributed by atoms with Crippen molar-refractivity contribution in [2.75, 3.05) is 32.7 Å². The summed E-state index contributed by atoms with van der Waals surface area (Å²) in [5, 5.41) is 0. The van der Waals surface area contributed by atoms with Gasteiger partial charge in [0.05, 0.1) is 14.2 Å². The van der Waals surface area contributed by atoms with Crippen molar-refractivity contribution in [2.45, 2.75) is 12.8 Å². The average Bonchev–Trinajstić information content (AvgIpc) is 2.28. The minimum Gasteiger partial charge on any atom is -0.497 e. The average molecular weight is 207 g/mol. The van der Waals surface area contributed by atoms with Crippen LogP contribution in [-0.4, -0.2) is 27.8 Å². The van der Waals surface area contributed by atoms with Crippen LogP contribution in [0.1, 0.15) is 12.0 Å². The number of benzene rings is 1. The number of rotatable bonds is 2. The number of fused-ring (bicyclic) bond motifs is 1. The zero-order valence-corrected chi connectivity index (χ0v) is 9.54. The molecule has 1 aromatic rings. The SMILES string of the molecule is COc1cc(OC)c2c(c1)N(C)CCC2. The fourth-order valence-corrected chi connectivity index (χ4v) is 2.11. The van der Waals surface area contributed by atoms with Gasteiger partial charge in [-0.05, 0) is 12.8 Å². The molecule has 0 bridgehead atoms. The van der Waals surface area contributed by atoms with Crippen molar-refractivity contribution in [3.8, 4) is 11.5 Å². The van der Waals surface area contributed by atoms with Gasteiger partial charge < -0.3 is 14.4 Å². The van der Waals surface area contributed by atoms with E-state index in [2.05, 4.69) is 18.0 Å². The van der Waals surface area contributed by atoms with Crippen molar-refractivity contribution in [2.24, 2.45) is 0 Å². The monoisotopic (exact) mass is 207 g/mol. The topological polar surface area (TPSA) is 21.7 Å². The van der Waals surface area contributed by atoms with Crippen molar-refractivity contribution < 1.29 is 9.47 Å². The lowest BCUT2D eigenvalue weighted by Crippen LogP contribution is -2.25. The van der Waals surface area contributed by atoms with Gasteiger partial charge in [0.15, 0.2) is 0 Å². The Morgan fingerprint density at radius 2 is 2.00 bits per heavy atom. The summed E-state index contributed by atoms with van der Waals surface area (Å²) in [6.45, 7) is 1.10. The largest absolute Gasteiger partial charge is 0.497 e. The molecule has 0 fully saturated rings. The van der Waals surface area contributed by atoms with Crippen LogP contribution in [0, 0.1) is 0 Å². The summed E-state index contributed by atoms with van der Waals surface area (Å²) in [5.74, 6) is 1.80. The van der Waals surface area contributed by atoms with Crippen LogP contribution in [0.4, 0.5) is 5.69 Å². The Balaban J connectivity index is 2.52. The minimum atomic E-state index is 0.861. The summed E-state index contributed by atoms with van der Waals surface area (Å²) in [5.41, 5.74) is 2.53. The first kappa shape index (κ1) is 10.1. The quantitative estimate of drug-likeness (QED) is 0.741. The molecule has 0 atom stereocenters. The predicted octanol–water partition coefficient (Wildman–Crippen LogP) is 2.09. The molecule has 0 N–H and O–H groups in total. The van der Waals surface area contributed by atoms with Crippen molar-refractivity contribution in [1.29, 1.82) is 0 Å². The van der Waals surface area contributed by atoms with Crippen LogP contribution in [0.15, 0.2) is 12.1 Å². The number of anilines is 1. The van der Waals surface area contributed by atoms with E-state index < -0.39 is 0 Å². The molecule has 1 heterocycles. The normalized spacial score (nSPS) is 14.7. The maximum absolute atomic E-state index is 5.40. The summed E-state index contributed by atoms with van der Waals surface area (Å²) < 4.78 is 10.7. The number of methoxy groups -OCH3 is 2. The molecular formula is C12H17NO2. The van der Waals surface area contributed by atoms with Gasteiger partial charge in [-0.1, -0.05) is 0 Å². The third kappa shape index (κ3) is 1.74. The van der Waals surface area contributed by atoms with Crippen LogP contribution < -0.4 is 14.4 Å². The summed E-state index contributed by atoms with van der Waals surface area (Å²) in [6, 6.07) is 4.04. The van der Waals surface area contributed by atoms with Gasteiger partial charge in [-0.3, -0.25) is 0 Å². The molecule has 15 heavy (non-hydrogen) atoms. The molecule has 3 nitrogen and oxygen atoms in total. The van der Waals surface area contributed by atoms with Crippen molar-refractivity contribution in [3.63, 3.8) is 0 Å². The smallest absolute Gasteiger partial charge is 0.127 e. The summed E-state index contributed by atoms with van der Waals surface area (Å²) in [4.78, 5) is 2.25. The second-order valence-electron chi connectivity index (χ2n) is 3.85. The third-order valence-electron chi connectivity index (χ3n) is 2.95. The second kappa shape index (κ2) is 4.01. The molecule has 0 aliphatic carbocycles. The van der Waals surface area contributed by atoms with Crippen LogP contribution in [0.25, 0.3) is 0 Å². The van der Waals surface area contributed by atoms with E-state index in [9.17, 15) is 0 Å². The van der Waals surface area contributed by atoms with Gasteiger partial charge in [-0.15, -0.1) is 0 Å². The summed E-state index contributed by atoms with van der Waals surface area (Å²) in [6.07, 6.45) is 2.28. The molecule has 82 valence electrons. The predicted molar refractivity (Wildman–Crippen MR) is 61.1 cm³/mol. The van der Waals surface area contributed by atoms with E-state index in [4.69, 9.17) is 9.47 Å². The molecule has 2 rings (SSSR count). The molecule has 1 aromatic carbocycles. The van der Waals surface area contributed by atoms with Gasteiger partial charge in [-0.25, -0.2) is 0 Å². The molecule has 0 saturated heterocycles. The Labute approximate surface area is 90.6 Å². The van der Waals surface area contributed by atoms with Crippen molar-refractivity contribution >= 4 is 5.69 Å². The Hall–Kier alpha value is -1.38. The Morgan fingerprint density at radius 1 is 1.20 bits per heavy atom. The number of hydrogen-bond acceptors (Lipinski definition) is 3. The second-order valence-corrected chi connectivity index (χ2v) is 3.85. The van der Waals surface area contributed by atoms with Crippen molar-refractivity contribution in [1.82, 2.24) is 0 Å². The first-order valence-corrected chi connectivity index (χ1v) is 5.22. The van der Waals surface area contributed by atoms with Gasteiger partial charge in [0.2, 0.25) is 0 Å². The van der Waals surface area contributed by atoms with Gasteiger partial charge in [0, 0.05) is 37.0 Å². The Morgan fingerprint density at radius 3 is 2.67 bits per heavy atom. The number of hydrogen-bond donors (Lipinski definition) is 0. The van der Waals surface area contributed by atoms with Gasteiger partial charge in [-0.2, -0.15) is 0 Å². The van der Waals surface area contributed by atoms with Gasteiger partial charge in [0.25, 0.3) is 0 Å². The highest BCUT2D eigenvalue weighted by Crippen LogP contribution is 2.37. The lowest BCUT2D eigenvalue weighted by atomic mass is 10.0. The molecule has 0 amide bonds. The summed E-state index contributed by atoms with van der Waals surface area (Å²) >= 11 is 0. The first-order chi connectivity index (χ1) is 7.26. The van der Waals surface area contributed by atoms with Crippen LogP contribution in [0.2, 0.25) is 0 Å². The molecule has 0 unspecified atom stereocenters. The molecule has 0 saturated carbocycles. The van der Waals surface area contributed by atoms with E-state index in [1.165, 1.54) is 17.7 Å². The van der Waals surface area contributed by atoms with E-state index in [-0.39, 0.29) is 0 Å². The molecule has 0 spiro atoms. The van der Waals surface area contributed by atoms with Crippen molar-refractivity contribution in [3.05, 3.63) is 17.7 Å². The van der Waals surface area contributed by atoms with Gasteiger partial charge >= 0.3 is 0 Å². The molecular weight excluding hydrogens is 190 g/mol. The highest BCUT2D eigenvalue weighted by Gasteiger charge is 2.18. The molecule has 1 aliphatic rings. The standard InChI is InChI=1S/C12H17NO2/c1-13-6-4-5-10-11(13)7-9(14-2)8-12(10)15-3/h7-8H,4-6H2,1-3H3. The van der Waals surface area contributed by atoms with Crippen LogP contribution >= 0.6 is 0 Å². The molecule has 3 heteroatoms. The molecule has 1 aliphatic heterocycles. The maximum Gasteiger partial charge on any atom is 0.127 e. The van der Waals surface area contributed by atoms with E-state index >= 15 is 0 Å². The molecule has 0 aromatic heterocycles. The van der Waals surface area contributed by atoms with E-state index in [1.54, 1.807) is 14.2 Å².